The monoisotopic (exact) mass is 219 g/mol. The van der Waals surface area contributed by atoms with Crippen LogP contribution in [0.25, 0.3) is 0 Å². The smallest absolute Gasteiger partial charge is 0.00201 e. The fraction of sp³-hybridized carbons (Fsp3) is 0.600. The first-order chi connectivity index (χ1) is 7.41. The third kappa shape index (κ3) is 2.85. The average Bonchev–Trinajstić information content (AvgIpc) is 2.23. The van der Waals surface area contributed by atoms with Gasteiger partial charge < -0.3 is 5.73 Å². The van der Waals surface area contributed by atoms with Crippen LogP contribution in [-0.2, 0) is 6.42 Å². The van der Waals surface area contributed by atoms with Gasteiger partial charge in [0.2, 0.25) is 0 Å². The molecule has 0 radical (unpaired) electrons. The largest absolute Gasteiger partial charge is 0.330 e. The van der Waals surface area contributed by atoms with Gasteiger partial charge in [0.25, 0.3) is 0 Å². The molecule has 1 atom stereocenters. The molecule has 1 rings (SSSR count). The number of benzene rings is 1. The second-order valence-electron chi connectivity index (χ2n) is 5.42. The first-order valence-corrected chi connectivity index (χ1v) is 6.18. The lowest BCUT2D eigenvalue weighted by atomic mass is 9.79. The maximum atomic E-state index is 5.90. The van der Waals surface area contributed by atoms with Gasteiger partial charge in [-0.15, -0.1) is 0 Å². The van der Waals surface area contributed by atoms with E-state index in [2.05, 4.69) is 46.8 Å². The van der Waals surface area contributed by atoms with Gasteiger partial charge in [0.05, 0.1) is 0 Å². The van der Waals surface area contributed by atoms with Crippen LogP contribution in [0, 0.1) is 26.2 Å². The summed E-state index contributed by atoms with van der Waals surface area (Å²) in [6.45, 7) is 11.9. The van der Waals surface area contributed by atoms with E-state index in [0.717, 1.165) is 19.4 Å². The highest BCUT2D eigenvalue weighted by Gasteiger charge is 2.22. The lowest BCUT2D eigenvalue weighted by molar-refractivity contribution is 0.319. The van der Waals surface area contributed by atoms with Crippen molar-refractivity contribution in [2.24, 2.45) is 11.1 Å². The van der Waals surface area contributed by atoms with Crippen molar-refractivity contribution in [2.45, 2.75) is 47.5 Å². The van der Waals surface area contributed by atoms with Gasteiger partial charge in [-0.05, 0) is 62.3 Å². The summed E-state index contributed by atoms with van der Waals surface area (Å²) in [5.74, 6) is 0. The van der Waals surface area contributed by atoms with Crippen molar-refractivity contribution in [3.8, 4) is 0 Å². The molecular weight excluding hydrogens is 194 g/mol. The Kier molecular flexibility index (Phi) is 4.15. The van der Waals surface area contributed by atoms with E-state index in [0.29, 0.717) is 0 Å². The van der Waals surface area contributed by atoms with Crippen molar-refractivity contribution in [3.63, 3.8) is 0 Å². The predicted molar refractivity (Wildman–Crippen MR) is 71.8 cm³/mol. The van der Waals surface area contributed by atoms with Crippen LogP contribution in [0.5, 0.6) is 0 Å². The van der Waals surface area contributed by atoms with Crippen LogP contribution in [0.3, 0.4) is 0 Å². The third-order valence-corrected chi connectivity index (χ3v) is 3.79. The van der Waals surface area contributed by atoms with Gasteiger partial charge in [0.15, 0.2) is 0 Å². The van der Waals surface area contributed by atoms with Crippen molar-refractivity contribution in [3.05, 3.63) is 34.4 Å². The first kappa shape index (κ1) is 13.2. The first-order valence-electron chi connectivity index (χ1n) is 6.18. The van der Waals surface area contributed by atoms with Crippen LogP contribution in [-0.4, -0.2) is 6.54 Å². The maximum Gasteiger partial charge on any atom is -0.00201 e. The molecule has 1 unspecified atom stereocenters. The Morgan fingerprint density at radius 1 is 1.12 bits per heavy atom. The van der Waals surface area contributed by atoms with E-state index in [-0.39, 0.29) is 5.41 Å². The summed E-state index contributed by atoms with van der Waals surface area (Å²) in [5.41, 5.74) is 11.8. The average molecular weight is 219 g/mol. The summed E-state index contributed by atoms with van der Waals surface area (Å²) in [6, 6.07) is 4.55. The summed E-state index contributed by atoms with van der Waals surface area (Å²) in [6.07, 6.45) is 2.23. The molecule has 90 valence electrons. The molecule has 0 bridgehead atoms. The minimum Gasteiger partial charge on any atom is -0.330 e. The van der Waals surface area contributed by atoms with Gasteiger partial charge in [0.1, 0.15) is 0 Å². The van der Waals surface area contributed by atoms with Crippen molar-refractivity contribution < 1.29 is 0 Å². The van der Waals surface area contributed by atoms with Crippen LogP contribution in [0.4, 0.5) is 0 Å². The molecule has 0 spiro atoms. The molecule has 0 aliphatic rings. The lowest BCUT2D eigenvalue weighted by Crippen LogP contribution is -2.29. The number of rotatable bonds is 4. The molecule has 0 saturated carbocycles. The number of nitrogens with two attached hydrogens (primary N) is 1. The Morgan fingerprint density at radius 3 is 2.00 bits per heavy atom. The fourth-order valence-corrected chi connectivity index (χ4v) is 2.26. The summed E-state index contributed by atoms with van der Waals surface area (Å²) in [5, 5.41) is 0. The zero-order chi connectivity index (χ0) is 12.3. The molecule has 1 nitrogen and oxygen atoms in total. The van der Waals surface area contributed by atoms with E-state index >= 15 is 0 Å². The highest BCUT2D eigenvalue weighted by atomic mass is 14.6. The molecule has 16 heavy (non-hydrogen) atoms. The second kappa shape index (κ2) is 5.01. The van der Waals surface area contributed by atoms with Crippen LogP contribution >= 0.6 is 0 Å². The molecular formula is C15H25N. The van der Waals surface area contributed by atoms with Gasteiger partial charge in [-0.25, -0.2) is 0 Å². The molecule has 0 heterocycles. The van der Waals surface area contributed by atoms with Gasteiger partial charge in [-0.3, -0.25) is 0 Å². The predicted octanol–water partition coefficient (Wildman–Crippen LogP) is 3.53. The Labute approximate surface area is 100 Å². The topological polar surface area (TPSA) is 26.0 Å². The van der Waals surface area contributed by atoms with Gasteiger partial charge in [0, 0.05) is 0 Å². The minimum absolute atomic E-state index is 0.241. The van der Waals surface area contributed by atoms with Gasteiger partial charge in [-0.1, -0.05) is 31.5 Å². The minimum atomic E-state index is 0.241. The molecule has 0 aliphatic carbocycles. The zero-order valence-electron chi connectivity index (χ0n) is 11.4. The summed E-state index contributed by atoms with van der Waals surface area (Å²) >= 11 is 0. The fourth-order valence-electron chi connectivity index (χ4n) is 2.26. The second-order valence-corrected chi connectivity index (χ2v) is 5.42. The molecule has 0 aliphatic heterocycles. The van der Waals surface area contributed by atoms with Crippen molar-refractivity contribution in [1.82, 2.24) is 0 Å². The third-order valence-electron chi connectivity index (χ3n) is 3.79. The molecule has 0 saturated heterocycles. The summed E-state index contributed by atoms with van der Waals surface area (Å²) in [7, 11) is 0. The highest BCUT2D eigenvalue weighted by Crippen LogP contribution is 2.29. The number of hydrogen-bond donors (Lipinski definition) is 1. The molecule has 2 N–H and O–H groups in total. The normalized spacial score (nSPS) is 14.9. The van der Waals surface area contributed by atoms with E-state index in [9.17, 15) is 0 Å². The lowest BCUT2D eigenvalue weighted by Gasteiger charge is -2.28. The number of aryl methyl sites for hydroxylation is 3. The standard InChI is InChI=1S/C15H25N/c1-6-15(5,10-16)9-14-12(3)7-11(2)8-13(14)4/h7-8H,6,9-10,16H2,1-5H3. The SMILES string of the molecule is CCC(C)(CN)Cc1c(C)cc(C)cc1C. The van der Waals surface area contributed by atoms with Gasteiger partial charge in [-0.2, -0.15) is 0 Å². The van der Waals surface area contributed by atoms with Gasteiger partial charge >= 0.3 is 0 Å². The molecule has 0 fully saturated rings. The number of hydrogen-bond acceptors (Lipinski definition) is 1. The summed E-state index contributed by atoms with van der Waals surface area (Å²) in [4.78, 5) is 0. The van der Waals surface area contributed by atoms with Crippen LogP contribution in [0.2, 0.25) is 0 Å². The Hall–Kier alpha value is -0.820. The molecule has 1 heteroatoms. The van der Waals surface area contributed by atoms with E-state index in [4.69, 9.17) is 5.73 Å². The molecule has 1 aromatic rings. The Morgan fingerprint density at radius 2 is 1.62 bits per heavy atom. The summed E-state index contributed by atoms with van der Waals surface area (Å²) < 4.78 is 0. The Bertz CT molecular complexity index is 339. The highest BCUT2D eigenvalue weighted by molar-refractivity contribution is 5.38. The van der Waals surface area contributed by atoms with Crippen LogP contribution < -0.4 is 5.73 Å². The Balaban J connectivity index is 3.06. The van der Waals surface area contributed by atoms with E-state index < -0.39 is 0 Å². The zero-order valence-corrected chi connectivity index (χ0v) is 11.4. The quantitative estimate of drug-likeness (QED) is 0.823. The molecule has 0 aromatic heterocycles. The van der Waals surface area contributed by atoms with E-state index in [1.807, 2.05) is 0 Å². The van der Waals surface area contributed by atoms with Crippen molar-refractivity contribution >= 4 is 0 Å². The maximum absolute atomic E-state index is 5.90. The molecule has 0 amide bonds. The van der Waals surface area contributed by atoms with Crippen molar-refractivity contribution in [2.75, 3.05) is 6.54 Å². The molecule has 1 aromatic carbocycles. The van der Waals surface area contributed by atoms with E-state index in [1.54, 1.807) is 0 Å². The van der Waals surface area contributed by atoms with Crippen molar-refractivity contribution in [1.29, 1.82) is 0 Å². The van der Waals surface area contributed by atoms with Crippen LogP contribution in [0.1, 0.15) is 42.5 Å². The van der Waals surface area contributed by atoms with E-state index in [1.165, 1.54) is 22.3 Å². The van der Waals surface area contributed by atoms with Crippen LogP contribution in [0.15, 0.2) is 12.1 Å².